The summed E-state index contributed by atoms with van der Waals surface area (Å²) in [5.41, 5.74) is 0. The van der Waals surface area contributed by atoms with Crippen LogP contribution in [0.3, 0.4) is 0 Å². The normalized spacial score (nSPS) is 12.2. The minimum Gasteiger partial charge on any atom is -0.453 e. The first-order valence-corrected chi connectivity index (χ1v) is 6.74. The van der Waals surface area contributed by atoms with Gasteiger partial charge in [0.25, 0.3) is 0 Å². The summed E-state index contributed by atoms with van der Waals surface area (Å²) in [6.45, 7) is 0.443. The van der Waals surface area contributed by atoms with Crippen molar-refractivity contribution in [3.05, 3.63) is 12.2 Å². The van der Waals surface area contributed by atoms with E-state index in [0.29, 0.717) is 12.3 Å². The predicted octanol–water partition coefficient (Wildman–Crippen LogP) is -0.0342. The fourth-order valence-electron chi connectivity index (χ4n) is 1.08. The molecule has 0 saturated heterocycles. The van der Waals surface area contributed by atoms with E-state index in [0.717, 1.165) is 5.75 Å². The lowest BCUT2D eigenvalue weighted by atomic mass is 10.3. The van der Waals surface area contributed by atoms with Crippen molar-refractivity contribution in [3.8, 4) is 0 Å². The van der Waals surface area contributed by atoms with Crippen molar-refractivity contribution in [2.45, 2.75) is 6.04 Å². The maximum Gasteiger partial charge on any atom is 0.407 e. The number of likely N-dealkylation sites (N-methyl/N-ethyl adjacent to an activating group) is 2. The second kappa shape index (κ2) is 10.9. The number of amides is 2. The molecule has 0 spiro atoms. The van der Waals surface area contributed by atoms with Gasteiger partial charge in [0.2, 0.25) is 5.91 Å². The number of ether oxygens (including phenoxy) is 1. The Bertz CT molecular complexity index is 285. The van der Waals surface area contributed by atoms with Gasteiger partial charge in [-0.25, -0.2) is 4.79 Å². The molecule has 1 unspecified atom stereocenters. The van der Waals surface area contributed by atoms with E-state index in [9.17, 15) is 9.59 Å². The first-order chi connectivity index (χ1) is 8.65. The molecular weight excluding hydrogens is 254 g/mol. The van der Waals surface area contributed by atoms with Crippen LogP contribution in [0.4, 0.5) is 4.79 Å². The van der Waals surface area contributed by atoms with E-state index in [1.165, 1.54) is 7.11 Å². The van der Waals surface area contributed by atoms with Gasteiger partial charge in [-0.3, -0.25) is 4.79 Å². The van der Waals surface area contributed by atoms with Crippen molar-refractivity contribution >= 4 is 23.8 Å². The Morgan fingerprint density at radius 1 is 1.33 bits per heavy atom. The van der Waals surface area contributed by atoms with Crippen LogP contribution in [-0.2, 0) is 9.53 Å². The largest absolute Gasteiger partial charge is 0.453 e. The van der Waals surface area contributed by atoms with Crippen LogP contribution in [0.2, 0.25) is 0 Å². The van der Waals surface area contributed by atoms with Crippen molar-refractivity contribution in [1.29, 1.82) is 0 Å². The molecule has 2 amide bonds. The number of thioether (sulfide) groups is 1. The van der Waals surface area contributed by atoms with Crippen LogP contribution in [0.5, 0.6) is 0 Å². The van der Waals surface area contributed by atoms with Crippen LogP contribution in [-0.4, -0.2) is 57.3 Å². The van der Waals surface area contributed by atoms with E-state index in [2.05, 4.69) is 20.7 Å². The lowest BCUT2D eigenvalue weighted by molar-refractivity contribution is -0.122. The molecule has 0 aliphatic carbocycles. The molecule has 0 radical (unpaired) electrons. The zero-order chi connectivity index (χ0) is 13.8. The molecule has 0 aromatic heterocycles. The zero-order valence-corrected chi connectivity index (χ0v) is 11.8. The monoisotopic (exact) mass is 275 g/mol. The van der Waals surface area contributed by atoms with Crippen molar-refractivity contribution in [2.24, 2.45) is 0 Å². The SMILES string of the molecule is CNC(=O)C(CSC/C=C/CNC(=O)OC)NC. The predicted molar refractivity (Wildman–Crippen MR) is 73.8 cm³/mol. The van der Waals surface area contributed by atoms with Crippen LogP contribution in [0.1, 0.15) is 0 Å². The number of methoxy groups -OCH3 is 1. The lowest BCUT2D eigenvalue weighted by Gasteiger charge is -2.12. The Kier molecular flexibility index (Phi) is 10.2. The van der Waals surface area contributed by atoms with Crippen LogP contribution >= 0.6 is 11.8 Å². The minimum absolute atomic E-state index is 0.0127. The summed E-state index contributed by atoms with van der Waals surface area (Å²) in [5.74, 6) is 1.48. The zero-order valence-electron chi connectivity index (χ0n) is 11.0. The molecular formula is C11H21N3O3S. The average molecular weight is 275 g/mol. The number of alkyl carbamates (subject to hydrolysis) is 1. The maximum atomic E-state index is 11.4. The number of carbonyl (C=O) groups is 2. The van der Waals surface area contributed by atoms with Gasteiger partial charge in [0, 0.05) is 25.1 Å². The molecule has 0 aromatic carbocycles. The smallest absolute Gasteiger partial charge is 0.407 e. The topological polar surface area (TPSA) is 79.5 Å². The fourth-order valence-corrected chi connectivity index (χ4v) is 2.05. The van der Waals surface area contributed by atoms with E-state index in [4.69, 9.17) is 0 Å². The third kappa shape index (κ3) is 7.97. The Hall–Kier alpha value is -1.21. The molecule has 6 nitrogen and oxygen atoms in total. The highest BCUT2D eigenvalue weighted by Crippen LogP contribution is 2.03. The second-order valence-corrected chi connectivity index (χ2v) is 4.41. The van der Waals surface area contributed by atoms with Gasteiger partial charge in [-0.1, -0.05) is 12.2 Å². The number of hydrogen-bond acceptors (Lipinski definition) is 5. The summed E-state index contributed by atoms with van der Waals surface area (Å²) in [7, 11) is 4.71. The highest BCUT2D eigenvalue weighted by atomic mass is 32.2. The van der Waals surface area contributed by atoms with Crippen molar-refractivity contribution in [3.63, 3.8) is 0 Å². The summed E-state index contributed by atoms with van der Waals surface area (Å²) in [4.78, 5) is 22.1. The second-order valence-electron chi connectivity index (χ2n) is 3.34. The first-order valence-electron chi connectivity index (χ1n) is 5.59. The summed E-state index contributed by atoms with van der Waals surface area (Å²) < 4.78 is 4.42. The molecule has 0 rings (SSSR count). The van der Waals surface area contributed by atoms with Crippen molar-refractivity contribution in [2.75, 3.05) is 39.3 Å². The number of hydrogen-bond donors (Lipinski definition) is 3. The van der Waals surface area contributed by atoms with E-state index >= 15 is 0 Å². The molecule has 3 N–H and O–H groups in total. The van der Waals surface area contributed by atoms with Gasteiger partial charge < -0.3 is 20.7 Å². The first kappa shape index (κ1) is 16.8. The van der Waals surface area contributed by atoms with Crippen molar-refractivity contribution in [1.82, 2.24) is 16.0 Å². The molecule has 0 heterocycles. The number of nitrogens with one attached hydrogen (secondary N) is 3. The van der Waals surface area contributed by atoms with Crippen LogP contribution < -0.4 is 16.0 Å². The minimum atomic E-state index is -0.442. The molecule has 104 valence electrons. The summed E-state index contributed by atoms with van der Waals surface area (Å²) in [5, 5.41) is 8.09. The van der Waals surface area contributed by atoms with Gasteiger partial charge in [0.05, 0.1) is 13.2 Å². The van der Waals surface area contributed by atoms with E-state index in [-0.39, 0.29) is 11.9 Å². The van der Waals surface area contributed by atoms with Gasteiger partial charge >= 0.3 is 6.09 Å². The van der Waals surface area contributed by atoms with Gasteiger partial charge in [-0.15, -0.1) is 0 Å². The number of rotatable bonds is 8. The maximum absolute atomic E-state index is 11.4. The van der Waals surface area contributed by atoms with Crippen LogP contribution in [0, 0.1) is 0 Å². The molecule has 1 atom stereocenters. The molecule has 0 aliphatic rings. The highest BCUT2D eigenvalue weighted by molar-refractivity contribution is 7.99. The molecule has 7 heteroatoms. The summed E-state index contributed by atoms with van der Waals surface area (Å²) >= 11 is 1.64. The van der Waals surface area contributed by atoms with E-state index < -0.39 is 6.09 Å². The van der Waals surface area contributed by atoms with Crippen LogP contribution in [0.25, 0.3) is 0 Å². The summed E-state index contributed by atoms with van der Waals surface area (Å²) in [6.07, 6.45) is 3.34. The molecule has 0 saturated carbocycles. The fraction of sp³-hybridized carbons (Fsp3) is 0.636. The standard InChI is InChI=1S/C11H21N3O3S/c1-12-9(10(15)13-2)8-18-7-5-4-6-14-11(16)17-3/h4-5,9,12H,6-8H2,1-3H3,(H,13,15)(H,14,16)/b5-4+. The van der Waals surface area contributed by atoms with Gasteiger partial charge in [0.15, 0.2) is 0 Å². The Labute approximate surface area is 112 Å². The van der Waals surface area contributed by atoms with Crippen molar-refractivity contribution < 1.29 is 14.3 Å². The molecule has 0 bridgehead atoms. The third-order valence-corrected chi connectivity index (χ3v) is 3.12. The molecule has 0 fully saturated rings. The van der Waals surface area contributed by atoms with Gasteiger partial charge in [-0.05, 0) is 7.05 Å². The van der Waals surface area contributed by atoms with Gasteiger partial charge in [-0.2, -0.15) is 11.8 Å². The Balaban J connectivity index is 3.62. The van der Waals surface area contributed by atoms with E-state index in [1.54, 1.807) is 25.9 Å². The molecule has 0 aromatic rings. The lowest BCUT2D eigenvalue weighted by Crippen LogP contribution is -2.42. The quantitative estimate of drug-likeness (QED) is 0.428. The Morgan fingerprint density at radius 3 is 2.61 bits per heavy atom. The summed E-state index contributed by atoms with van der Waals surface area (Å²) in [6, 6.07) is -0.179. The Morgan fingerprint density at radius 2 is 2.06 bits per heavy atom. The van der Waals surface area contributed by atoms with Crippen LogP contribution in [0.15, 0.2) is 12.2 Å². The molecule has 0 aliphatic heterocycles. The third-order valence-electron chi connectivity index (χ3n) is 2.13. The molecule has 18 heavy (non-hydrogen) atoms. The number of carbonyl (C=O) groups excluding carboxylic acids is 2. The highest BCUT2D eigenvalue weighted by Gasteiger charge is 2.13. The van der Waals surface area contributed by atoms with Gasteiger partial charge in [0.1, 0.15) is 0 Å². The average Bonchev–Trinajstić information content (AvgIpc) is 2.40. The van der Waals surface area contributed by atoms with E-state index in [1.807, 2.05) is 12.2 Å².